The Morgan fingerprint density at radius 2 is 2.10 bits per heavy atom. The molecule has 3 heteroatoms. The Bertz CT molecular complexity index is 193. The predicted octanol–water partition coefficient (Wildman–Crippen LogP) is 1.18. The molecular formula is C7H9NO2. The van der Waals surface area contributed by atoms with Gasteiger partial charge in [-0.15, -0.1) is 0 Å². The second kappa shape index (κ2) is 3.06. The van der Waals surface area contributed by atoms with Crippen LogP contribution in [0.2, 0.25) is 0 Å². The molecule has 0 bridgehead atoms. The lowest BCUT2D eigenvalue weighted by Gasteiger charge is -2.09. The van der Waals surface area contributed by atoms with Crippen LogP contribution in [0.25, 0.3) is 0 Å². The van der Waals surface area contributed by atoms with E-state index in [1.165, 1.54) is 0 Å². The molecule has 0 aliphatic carbocycles. The molecular weight excluding hydrogens is 130 g/mol. The molecule has 1 rings (SSSR count). The van der Waals surface area contributed by atoms with Gasteiger partial charge < -0.3 is 9.30 Å². The van der Waals surface area contributed by atoms with E-state index in [9.17, 15) is 4.79 Å². The van der Waals surface area contributed by atoms with Gasteiger partial charge in [0.05, 0.1) is 0 Å². The third kappa shape index (κ3) is 1.37. The number of aromatic nitrogens is 1. The van der Waals surface area contributed by atoms with Gasteiger partial charge in [0.15, 0.2) is 6.23 Å². The third-order valence-electron chi connectivity index (χ3n) is 1.30. The van der Waals surface area contributed by atoms with Crippen LogP contribution in [0.3, 0.4) is 0 Å². The molecule has 0 N–H and O–H groups in total. The van der Waals surface area contributed by atoms with E-state index in [1.807, 2.05) is 24.5 Å². The maximum absolute atomic E-state index is 9.87. The molecule has 0 saturated carbocycles. The Balaban J connectivity index is 2.58. The van der Waals surface area contributed by atoms with E-state index < -0.39 is 0 Å². The van der Waals surface area contributed by atoms with Crippen LogP contribution in [0, 0.1) is 0 Å². The zero-order valence-electron chi connectivity index (χ0n) is 5.73. The molecule has 0 radical (unpaired) electrons. The van der Waals surface area contributed by atoms with Gasteiger partial charge in [0.25, 0.3) is 6.47 Å². The molecule has 0 saturated heterocycles. The van der Waals surface area contributed by atoms with E-state index in [4.69, 9.17) is 0 Å². The van der Waals surface area contributed by atoms with Gasteiger partial charge in [0.2, 0.25) is 0 Å². The van der Waals surface area contributed by atoms with Gasteiger partial charge in [0.1, 0.15) is 0 Å². The van der Waals surface area contributed by atoms with Gasteiger partial charge in [-0.2, -0.15) is 0 Å². The van der Waals surface area contributed by atoms with Crippen LogP contribution in [0.4, 0.5) is 0 Å². The van der Waals surface area contributed by atoms with Gasteiger partial charge in [-0.1, -0.05) is 0 Å². The quantitative estimate of drug-likeness (QED) is 0.589. The molecule has 0 spiro atoms. The minimum Gasteiger partial charge on any atom is -0.444 e. The minimum atomic E-state index is -0.201. The molecule has 1 aromatic rings. The van der Waals surface area contributed by atoms with Crippen molar-refractivity contribution in [2.24, 2.45) is 0 Å². The molecule has 1 unspecified atom stereocenters. The van der Waals surface area contributed by atoms with Crippen LogP contribution in [-0.4, -0.2) is 11.0 Å². The number of rotatable bonds is 3. The van der Waals surface area contributed by atoms with Crippen LogP contribution < -0.4 is 0 Å². The predicted molar refractivity (Wildman–Crippen MR) is 36.3 cm³/mol. The summed E-state index contributed by atoms with van der Waals surface area (Å²) in [6.07, 6.45) is 3.48. The zero-order chi connectivity index (χ0) is 7.40. The number of hydrogen-bond acceptors (Lipinski definition) is 2. The standard InChI is InChI=1S/C7H9NO2/c1-7(10-6-9)8-4-2-3-5-8/h2-7H,1H3. The molecule has 10 heavy (non-hydrogen) atoms. The fourth-order valence-corrected chi connectivity index (χ4v) is 0.741. The maximum Gasteiger partial charge on any atom is 0.295 e. The van der Waals surface area contributed by atoms with E-state index in [2.05, 4.69) is 4.74 Å². The summed E-state index contributed by atoms with van der Waals surface area (Å²) >= 11 is 0. The molecule has 0 aromatic carbocycles. The largest absolute Gasteiger partial charge is 0.444 e. The average molecular weight is 139 g/mol. The van der Waals surface area contributed by atoms with Crippen molar-refractivity contribution in [2.45, 2.75) is 13.2 Å². The van der Waals surface area contributed by atoms with Gasteiger partial charge in [0, 0.05) is 12.4 Å². The summed E-state index contributed by atoms with van der Waals surface area (Å²) < 4.78 is 6.47. The van der Waals surface area contributed by atoms with Crippen molar-refractivity contribution in [2.75, 3.05) is 0 Å². The van der Waals surface area contributed by atoms with E-state index >= 15 is 0 Å². The van der Waals surface area contributed by atoms with E-state index in [0.29, 0.717) is 6.47 Å². The summed E-state index contributed by atoms with van der Waals surface area (Å²) in [6.45, 7) is 2.25. The first kappa shape index (κ1) is 6.86. The number of carbonyl (C=O) groups is 1. The smallest absolute Gasteiger partial charge is 0.295 e. The summed E-state index contributed by atoms with van der Waals surface area (Å²) in [6, 6.07) is 3.76. The van der Waals surface area contributed by atoms with Crippen LogP contribution in [0.15, 0.2) is 24.5 Å². The molecule has 0 amide bonds. The first-order valence-corrected chi connectivity index (χ1v) is 3.06. The van der Waals surface area contributed by atoms with E-state index in [-0.39, 0.29) is 6.23 Å². The van der Waals surface area contributed by atoms with E-state index in [0.717, 1.165) is 0 Å². The third-order valence-corrected chi connectivity index (χ3v) is 1.30. The van der Waals surface area contributed by atoms with Crippen molar-refractivity contribution in [3.63, 3.8) is 0 Å². The molecule has 0 aliphatic rings. The monoisotopic (exact) mass is 139 g/mol. The number of ether oxygens (including phenoxy) is 1. The van der Waals surface area contributed by atoms with Gasteiger partial charge >= 0.3 is 0 Å². The minimum absolute atomic E-state index is 0.201. The van der Waals surface area contributed by atoms with Crippen molar-refractivity contribution in [1.29, 1.82) is 0 Å². The summed E-state index contributed by atoms with van der Waals surface area (Å²) in [5.41, 5.74) is 0. The maximum atomic E-state index is 9.87. The molecule has 3 nitrogen and oxygen atoms in total. The van der Waals surface area contributed by atoms with E-state index in [1.54, 1.807) is 11.5 Å². The van der Waals surface area contributed by atoms with Gasteiger partial charge in [-0.05, 0) is 19.1 Å². The Labute approximate surface area is 59.2 Å². The lowest BCUT2D eigenvalue weighted by atomic mass is 10.6. The Morgan fingerprint density at radius 3 is 2.60 bits per heavy atom. The first-order valence-electron chi connectivity index (χ1n) is 3.06. The highest BCUT2D eigenvalue weighted by atomic mass is 16.5. The molecule has 0 aliphatic heterocycles. The molecule has 1 atom stereocenters. The Morgan fingerprint density at radius 1 is 1.50 bits per heavy atom. The van der Waals surface area contributed by atoms with Crippen molar-refractivity contribution >= 4 is 6.47 Å². The second-order valence-corrected chi connectivity index (χ2v) is 1.96. The highest BCUT2D eigenvalue weighted by molar-refractivity contribution is 5.37. The summed E-state index contributed by atoms with van der Waals surface area (Å²) in [7, 11) is 0. The van der Waals surface area contributed by atoms with Crippen LogP contribution in [-0.2, 0) is 9.53 Å². The second-order valence-electron chi connectivity index (χ2n) is 1.96. The summed E-state index contributed by atoms with van der Waals surface area (Å²) in [5, 5.41) is 0. The molecule has 1 aromatic heterocycles. The van der Waals surface area contributed by atoms with Gasteiger partial charge in [-0.3, -0.25) is 4.79 Å². The van der Waals surface area contributed by atoms with Gasteiger partial charge in [-0.25, -0.2) is 0 Å². The molecule has 54 valence electrons. The average Bonchev–Trinajstić information content (AvgIpc) is 2.38. The van der Waals surface area contributed by atoms with Crippen molar-refractivity contribution in [1.82, 2.24) is 4.57 Å². The zero-order valence-corrected chi connectivity index (χ0v) is 5.73. The topological polar surface area (TPSA) is 31.2 Å². The van der Waals surface area contributed by atoms with Crippen LogP contribution in [0.5, 0.6) is 0 Å². The fraction of sp³-hybridized carbons (Fsp3) is 0.286. The Hall–Kier alpha value is -1.25. The SMILES string of the molecule is CC(OC=O)n1cccc1. The molecule has 1 heterocycles. The highest BCUT2D eigenvalue weighted by Crippen LogP contribution is 2.04. The van der Waals surface area contributed by atoms with Crippen molar-refractivity contribution in [3.05, 3.63) is 24.5 Å². The van der Waals surface area contributed by atoms with Crippen molar-refractivity contribution < 1.29 is 9.53 Å². The lowest BCUT2D eigenvalue weighted by molar-refractivity contribution is -0.136. The van der Waals surface area contributed by atoms with Crippen LogP contribution in [0.1, 0.15) is 13.2 Å². The fourth-order valence-electron chi connectivity index (χ4n) is 0.741. The first-order chi connectivity index (χ1) is 4.84. The van der Waals surface area contributed by atoms with Crippen molar-refractivity contribution in [3.8, 4) is 0 Å². The highest BCUT2D eigenvalue weighted by Gasteiger charge is 1.99. The molecule has 0 fully saturated rings. The summed E-state index contributed by atoms with van der Waals surface area (Å²) in [5.74, 6) is 0. The number of nitrogens with zero attached hydrogens (tertiary/aromatic N) is 1. The summed E-state index contributed by atoms with van der Waals surface area (Å²) in [4.78, 5) is 9.87. The number of carbonyl (C=O) groups excluding carboxylic acids is 1. The normalized spacial score (nSPS) is 12.5. The lowest BCUT2D eigenvalue weighted by Crippen LogP contribution is -2.05. The Kier molecular flexibility index (Phi) is 2.10. The number of hydrogen-bond donors (Lipinski definition) is 0. The van der Waals surface area contributed by atoms with Crippen LogP contribution >= 0.6 is 0 Å².